The van der Waals surface area contributed by atoms with Crippen LogP contribution in [0.3, 0.4) is 0 Å². The van der Waals surface area contributed by atoms with Gasteiger partial charge in [-0.3, -0.25) is 9.59 Å². The molecule has 6 nitrogen and oxygen atoms in total. The minimum absolute atomic E-state index is 0.0684. The number of thioether (sulfide) groups is 1. The van der Waals surface area contributed by atoms with Gasteiger partial charge in [0.25, 0.3) is 0 Å². The lowest BCUT2D eigenvalue weighted by molar-refractivity contribution is -0.122. The van der Waals surface area contributed by atoms with Crippen molar-refractivity contribution in [2.75, 3.05) is 5.32 Å². The molecule has 3 rings (SSSR count). The zero-order valence-corrected chi connectivity index (χ0v) is 14.3. The highest BCUT2D eigenvalue weighted by Crippen LogP contribution is 2.26. The molecule has 0 saturated carbocycles. The van der Waals surface area contributed by atoms with Crippen molar-refractivity contribution in [3.8, 4) is 5.75 Å². The van der Waals surface area contributed by atoms with Gasteiger partial charge >= 0.3 is 0 Å². The van der Waals surface area contributed by atoms with Crippen molar-refractivity contribution in [3.63, 3.8) is 0 Å². The first-order valence-corrected chi connectivity index (χ1v) is 8.59. The number of carbonyl (C=O) groups is 2. The number of phenols is 1. The van der Waals surface area contributed by atoms with E-state index in [1.165, 1.54) is 23.9 Å². The first kappa shape index (κ1) is 17.0. The summed E-state index contributed by atoms with van der Waals surface area (Å²) in [6.07, 6.45) is 0.0684. The van der Waals surface area contributed by atoms with Crippen LogP contribution in [0.15, 0.2) is 53.5 Å². The molecule has 1 saturated heterocycles. The highest BCUT2D eigenvalue weighted by Gasteiger charge is 2.32. The van der Waals surface area contributed by atoms with Crippen LogP contribution < -0.4 is 10.6 Å². The number of nitrogens with one attached hydrogen (secondary N) is 2. The molecule has 0 aromatic heterocycles. The van der Waals surface area contributed by atoms with Crippen LogP contribution in [0.2, 0.25) is 0 Å². The van der Waals surface area contributed by atoms with Gasteiger partial charge in [-0.1, -0.05) is 29.5 Å². The summed E-state index contributed by atoms with van der Waals surface area (Å²) in [6.45, 7) is 1.97. The van der Waals surface area contributed by atoms with E-state index in [2.05, 4.69) is 15.6 Å². The molecule has 1 atom stereocenters. The van der Waals surface area contributed by atoms with Gasteiger partial charge in [0, 0.05) is 12.1 Å². The van der Waals surface area contributed by atoms with Crippen LogP contribution in [0, 0.1) is 6.92 Å². The maximum absolute atomic E-state index is 12.1. The Balaban J connectivity index is 1.59. The minimum atomic E-state index is -0.513. The van der Waals surface area contributed by atoms with Crippen molar-refractivity contribution in [2.45, 2.75) is 18.6 Å². The van der Waals surface area contributed by atoms with Gasteiger partial charge in [-0.25, -0.2) is 4.99 Å². The van der Waals surface area contributed by atoms with Crippen LogP contribution >= 0.6 is 11.8 Å². The van der Waals surface area contributed by atoms with Crippen LogP contribution in [-0.2, 0) is 9.59 Å². The molecule has 0 bridgehead atoms. The van der Waals surface area contributed by atoms with E-state index >= 15 is 0 Å². The Kier molecular flexibility index (Phi) is 5.04. The fourth-order valence-corrected chi connectivity index (χ4v) is 3.24. The summed E-state index contributed by atoms with van der Waals surface area (Å²) in [7, 11) is 0. The average Bonchev–Trinajstić information content (AvgIpc) is 2.91. The molecule has 2 aromatic rings. The van der Waals surface area contributed by atoms with Gasteiger partial charge in [0.05, 0.1) is 5.69 Å². The molecule has 25 heavy (non-hydrogen) atoms. The minimum Gasteiger partial charge on any atom is -0.508 e. The van der Waals surface area contributed by atoms with Crippen LogP contribution in [0.1, 0.15) is 12.0 Å². The number of aryl methyl sites for hydroxylation is 1. The number of aromatic hydroxyl groups is 1. The lowest BCUT2D eigenvalue weighted by Crippen LogP contribution is -2.28. The summed E-state index contributed by atoms with van der Waals surface area (Å²) in [6, 6.07) is 13.8. The zero-order chi connectivity index (χ0) is 17.8. The smallest absolute Gasteiger partial charge is 0.240 e. The van der Waals surface area contributed by atoms with Crippen molar-refractivity contribution < 1.29 is 14.7 Å². The molecule has 0 unspecified atom stereocenters. The van der Waals surface area contributed by atoms with Crippen LogP contribution in [-0.4, -0.2) is 27.3 Å². The molecule has 1 heterocycles. The van der Waals surface area contributed by atoms with Crippen LogP contribution in [0.25, 0.3) is 0 Å². The van der Waals surface area contributed by atoms with E-state index in [0.717, 1.165) is 5.56 Å². The van der Waals surface area contributed by atoms with E-state index in [1.807, 2.05) is 31.2 Å². The SMILES string of the molecule is Cc1ccc(NC(=O)C[C@H]2SC(=Nc3ccc(O)cc3)NC2=O)cc1. The Morgan fingerprint density at radius 1 is 1.20 bits per heavy atom. The van der Waals surface area contributed by atoms with E-state index in [0.29, 0.717) is 16.5 Å². The van der Waals surface area contributed by atoms with Crippen molar-refractivity contribution >= 4 is 40.1 Å². The highest BCUT2D eigenvalue weighted by molar-refractivity contribution is 8.15. The number of hydrogen-bond acceptors (Lipinski definition) is 5. The summed E-state index contributed by atoms with van der Waals surface area (Å²) in [5.74, 6) is -0.304. The lowest BCUT2D eigenvalue weighted by atomic mass is 10.2. The molecule has 7 heteroatoms. The molecule has 2 amide bonds. The summed E-state index contributed by atoms with van der Waals surface area (Å²) in [4.78, 5) is 28.5. The second-order valence-electron chi connectivity index (χ2n) is 5.65. The van der Waals surface area contributed by atoms with Gasteiger partial charge in [0.15, 0.2) is 5.17 Å². The largest absolute Gasteiger partial charge is 0.508 e. The molecule has 1 aliphatic rings. The first-order chi connectivity index (χ1) is 12.0. The van der Waals surface area contributed by atoms with Crippen molar-refractivity contribution in [1.82, 2.24) is 5.32 Å². The fraction of sp³-hybridized carbons (Fsp3) is 0.167. The molecular weight excluding hydrogens is 338 g/mol. The topological polar surface area (TPSA) is 90.8 Å². The predicted molar refractivity (Wildman–Crippen MR) is 99.1 cm³/mol. The number of carbonyl (C=O) groups excluding carboxylic acids is 2. The van der Waals surface area contributed by atoms with Crippen molar-refractivity contribution in [3.05, 3.63) is 54.1 Å². The number of amides is 2. The second kappa shape index (κ2) is 7.40. The summed E-state index contributed by atoms with van der Waals surface area (Å²) >= 11 is 1.23. The molecule has 0 aliphatic carbocycles. The molecular formula is C18H17N3O3S. The van der Waals surface area contributed by atoms with Gasteiger partial charge in [0.2, 0.25) is 11.8 Å². The summed E-state index contributed by atoms with van der Waals surface area (Å²) in [5.41, 5.74) is 2.43. The van der Waals surface area contributed by atoms with E-state index in [1.54, 1.807) is 12.1 Å². The second-order valence-corrected chi connectivity index (χ2v) is 6.84. The lowest BCUT2D eigenvalue weighted by Gasteiger charge is -2.07. The third kappa shape index (κ3) is 4.60. The Morgan fingerprint density at radius 2 is 1.88 bits per heavy atom. The maximum atomic E-state index is 12.1. The number of nitrogens with zero attached hydrogens (tertiary/aromatic N) is 1. The number of phenolic OH excluding ortho intramolecular Hbond substituents is 1. The Bertz CT molecular complexity index is 816. The van der Waals surface area contributed by atoms with Crippen molar-refractivity contribution in [2.24, 2.45) is 4.99 Å². The molecule has 128 valence electrons. The van der Waals surface area contributed by atoms with E-state index in [-0.39, 0.29) is 24.0 Å². The first-order valence-electron chi connectivity index (χ1n) is 7.71. The number of benzene rings is 2. The summed E-state index contributed by atoms with van der Waals surface area (Å²) < 4.78 is 0. The number of anilines is 1. The zero-order valence-electron chi connectivity index (χ0n) is 13.5. The van der Waals surface area contributed by atoms with Gasteiger partial charge in [-0.05, 0) is 43.3 Å². The number of hydrogen-bond donors (Lipinski definition) is 3. The van der Waals surface area contributed by atoms with Crippen LogP contribution in [0.5, 0.6) is 5.75 Å². The summed E-state index contributed by atoms with van der Waals surface area (Å²) in [5, 5.41) is 14.7. The third-order valence-electron chi connectivity index (χ3n) is 3.56. The molecule has 1 aliphatic heterocycles. The molecule has 2 aromatic carbocycles. The Morgan fingerprint density at radius 3 is 2.56 bits per heavy atom. The van der Waals surface area contributed by atoms with Gasteiger partial charge in [-0.15, -0.1) is 0 Å². The van der Waals surface area contributed by atoms with E-state index in [9.17, 15) is 14.7 Å². The molecule has 0 spiro atoms. The standard InChI is InChI=1S/C18H17N3O3S/c1-11-2-4-12(5-3-11)19-16(23)10-15-17(24)21-18(25-15)20-13-6-8-14(22)9-7-13/h2-9,15,22H,10H2,1H3,(H,19,23)(H,20,21,24)/t15-/m1/s1. The van der Waals surface area contributed by atoms with Crippen molar-refractivity contribution in [1.29, 1.82) is 0 Å². The van der Waals surface area contributed by atoms with E-state index < -0.39 is 5.25 Å². The highest BCUT2D eigenvalue weighted by atomic mass is 32.2. The maximum Gasteiger partial charge on any atom is 0.240 e. The number of rotatable bonds is 4. The third-order valence-corrected chi connectivity index (χ3v) is 4.64. The van der Waals surface area contributed by atoms with Gasteiger partial charge in [-0.2, -0.15) is 0 Å². The molecule has 1 fully saturated rings. The average molecular weight is 355 g/mol. The molecule has 0 radical (unpaired) electrons. The predicted octanol–water partition coefficient (Wildman–Crippen LogP) is 2.95. The number of aliphatic imine (C=N–C) groups is 1. The van der Waals surface area contributed by atoms with Gasteiger partial charge < -0.3 is 15.7 Å². The molecule has 3 N–H and O–H groups in total. The van der Waals surface area contributed by atoms with Gasteiger partial charge in [0.1, 0.15) is 11.0 Å². The monoisotopic (exact) mass is 355 g/mol. The Hall–Kier alpha value is -2.80. The quantitative estimate of drug-likeness (QED) is 0.786. The normalized spacial score (nSPS) is 18.2. The Labute approximate surface area is 149 Å². The number of amidine groups is 1. The fourth-order valence-electron chi connectivity index (χ4n) is 2.25. The van der Waals surface area contributed by atoms with E-state index in [4.69, 9.17) is 0 Å². The van der Waals surface area contributed by atoms with Crippen LogP contribution in [0.4, 0.5) is 11.4 Å².